The smallest absolute Gasteiger partial charge is 0.156 e. The van der Waals surface area contributed by atoms with Gasteiger partial charge < -0.3 is 5.32 Å². The first kappa shape index (κ1) is 9.33. The number of benzene rings is 1. The number of nitrogens with zero attached hydrogens (tertiary/aromatic N) is 4. The number of fused-ring (bicyclic) bond motifs is 3. The van der Waals surface area contributed by atoms with E-state index in [1.165, 1.54) is 0 Å². The van der Waals surface area contributed by atoms with E-state index in [1.807, 2.05) is 22.9 Å². The summed E-state index contributed by atoms with van der Waals surface area (Å²) in [7, 11) is 0. The van der Waals surface area contributed by atoms with Crippen LogP contribution in [0.5, 0.6) is 0 Å². The fourth-order valence-corrected chi connectivity index (χ4v) is 1.99. The molecule has 0 saturated heterocycles. The summed E-state index contributed by atoms with van der Waals surface area (Å²) in [5, 5.41) is 15.3. The Hall–Kier alpha value is -1.91. The minimum absolute atomic E-state index is 0.934. The molecule has 0 bridgehead atoms. The number of aryl methyl sites for hydroxylation is 1. The van der Waals surface area contributed by atoms with Gasteiger partial charge in [-0.15, -0.1) is 5.10 Å². The summed E-state index contributed by atoms with van der Waals surface area (Å²) in [5.41, 5.74) is 2.13. The van der Waals surface area contributed by atoms with Crippen molar-refractivity contribution in [3.63, 3.8) is 0 Å². The zero-order valence-electron chi connectivity index (χ0n) is 8.93. The fraction of sp³-hybridized carbons (Fsp3) is 0.364. The molecular weight excluding hydrogens is 202 g/mol. The molecule has 0 saturated carbocycles. The van der Waals surface area contributed by atoms with E-state index in [2.05, 4.69) is 26.9 Å². The molecule has 0 unspecified atom stereocenters. The van der Waals surface area contributed by atoms with Crippen molar-refractivity contribution in [2.45, 2.75) is 19.3 Å². The normalized spacial score (nSPS) is 15.0. The van der Waals surface area contributed by atoms with Gasteiger partial charge >= 0.3 is 0 Å². The highest BCUT2D eigenvalue weighted by atomic mass is 15.5. The molecule has 0 spiro atoms. The van der Waals surface area contributed by atoms with Gasteiger partial charge in [-0.2, -0.15) is 4.68 Å². The van der Waals surface area contributed by atoms with Crippen LogP contribution in [-0.4, -0.2) is 26.8 Å². The molecule has 3 rings (SSSR count). The van der Waals surface area contributed by atoms with Crippen molar-refractivity contribution in [3.05, 3.63) is 30.1 Å². The third kappa shape index (κ3) is 1.54. The lowest BCUT2D eigenvalue weighted by molar-refractivity contribution is 0.709. The molecule has 82 valence electrons. The van der Waals surface area contributed by atoms with Gasteiger partial charge in [-0.25, -0.2) is 0 Å². The number of anilines is 1. The van der Waals surface area contributed by atoms with E-state index in [-0.39, 0.29) is 0 Å². The van der Waals surface area contributed by atoms with Crippen LogP contribution in [0, 0.1) is 0 Å². The van der Waals surface area contributed by atoms with Crippen molar-refractivity contribution in [3.8, 4) is 5.69 Å². The summed E-state index contributed by atoms with van der Waals surface area (Å²) in [6.45, 7) is 0.995. The summed E-state index contributed by atoms with van der Waals surface area (Å²) >= 11 is 0. The first-order valence-electron chi connectivity index (χ1n) is 5.56. The third-order valence-electron chi connectivity index (χ3n) is 2.81. The lowest BCUT2D eigenvalue weighted by Gasteiger charge is -2.09. The van der Waals surface area contributed by atoms with Gasteiger partial charge in [-0.1, -0.05) is 12.1 Å². The Morgan fingerprint density at radius 1 is 1.19 bits per heavy atom. The average molecular weight is 215 g/mol. The quantitative estimate of drug-likeness (QED) is 0.722. The topological polar surface area (TPSA) is 55.6 Å². The molecule has 0 radical (unpaired) electrons. The van der Waals surface area contributed by atoms with Gasteiger partial charge in [0.25, 0.3) is 0 Å². The molecule has 1 aliphatic rings. The van der Waals surface area contributed by atoms with Crippen molar-refractivity contribution < 1.29 is 0 Å². The van der Waals surface area contributed by atoms with Crippen LogP contribution < -0.4 is 5.32 Å². The summed E-state index contributed by atoms with van der Waals surface area (Å²) in [4.78, 5) is 0. The van der Waals surface area contributed by atoms with Gasteiger partial charge in [0.1, 0.15) is 0 Å². The second-order valence-electron chi connectivity index (χ2n) is 3.91. The van der Waals surface area contributed by atoms with Gasteiger partial charge in [-0.05, 0) is 35.4 Å². The summed E-state index contributed by atoms with van der Waals surface area (Å²) in [6, 6.07) is 8.12. The van der Waals surface area contributed by atoms with Crippen LogP contribution in [0.1, 0.15) is 18.7 Å². The molecule has 2 heterocycles. The van der Waals surface area contributed by atoms with Crippen molar-refractivity contribution in [1.82, 2.24) is 20.2 Å². The highest BCUT2D eigenvalue weighted by molar-refractivity contribution is 5.60. The largest absolute Gasteiger partial charge is 0.383 e. The van der Waals surface area contributed by atoms with E-state index in [1.54, 1.807) is 0 Å². The molecular formula is C11H13N5. The van der Waals surface area contributed by atoms with Gasteiger partial charge in [0.05, 0.1) is 11.4 Å². The number of hydrogen-bond acceptors (Lipinski definition) is 4. The lowest BCUT2D eigenvalue weighted by atomic mass is 10.2. The van der Waals surface area contributed by atoms with E-state index in [0.29, 0.717) is 0 Å². The molecule has 0 amide bonds. The van der Waals surface area contributed by atoms with Crippen molar-refractivity contribution in [1.29, 1.82) is 0 Å². The van der Waals surface area contributed by atoms with Crippen molar-refractivity contribution in [2.75, 3.05) is 11.9 Å². The van der Waals surface area contributed by atoms with Crippen LogP contribution in [0.15, 0.2) is 24.3 Å². The maximum absolute atomic E-state index is 4.07. The van der Waals surface area contributed by atoms with Crippen LogP contribution in [0.2, 0.25) is 0 Å². The molecule has 2 aromatic rings. The van der Waals surface area contributed by atoms with E-state index in [0.717, 1.165) is 43.0 Å². The number of para-hydroxylation sites is 2. The maximum atomic E-state index is 4.07. The zero-order valence-corrected chi connectivity index (χ0v) is 8.93. The Labute approximate surface area is 93.5 Å². The molecule has 5 nitrogen and oxygen atoms in total. The summed E-state index contributed by atoms with van der Waals surface area (Å²) < 4.78 is 1.83. The molecule has 0 atom stereocenters. The number of hydrogen-bond donors (Lipinski definition) is 1. The van der Waals surface area contributed by atoms with Crippen molar-refractivity contribution in [2.24, 2.45) is 0 Å². The molecule has 0 aliphatic carbocycles. The summed E-state index contributed by atoms with van der Waals surface area (Å²) in [6.07, 6.45) is 3.19. The van der Waals surface area contributed by atoms with Gasteiger partial charge in [0.15, 0.2) is 5.82 Å². The van der Waals surface area contributed by atoms with Gasteiger partial charge in [-0.3, -0.25) is 0 Å². The highest BCUT2D eigenvalue weighted by Gasteiger charge is 2.12. The van der Waals surface area contributed by atoms with E-state index in [4.69, 9.17) is 0 Å². The van der Waals surface area contributed by atoms with Crippen molar-refractivity contribution >= 4 is 5.69 Å². The second-order valence-corrected chi connectivity index (χ2v) is 3.91. The van der Waals surface area contributed by atoms with Crippen LogP contribution in [0.4, 0.5) is 5.69 Å². The van der Waals surface area contributed by atoms with Gasteiger partial charge in [0, 0.05) is 13.0 Å². The third-order valence-corrected chi connectivity index (χ3v) is 2.81. The average Bonchev–Trinajstić information content (AvgIpc) is 2.78. The number of tetrazole rings is 1. The molecule has 1 aromatic heterocycles. The molecule has 0 fully saturated rings. The Morgan fingerprint density at radius 3 is 3.12 bits per heavy atom. The molecule has 5 heteroatoms. The Bertz CT molecular complexity index is 491. The first-order valence-corrected chi connectivity index (χ1v) is 5.56. The Balaban J connectivity index is 2.15. The first-order chi connectivity index (χ1) is 7.95. The monoisotopic (exact) mass is 215 g/mol. The molecule has 1 N–H and O–H groups in total. The Morgan fingerprint density at radius 2 is 2.12 bits per heavy atom. The summed E-state index contributed by atoms with van der Waals surface area (Å²) in [5.74, 6) is 0.941. The van der Waals surface area contributed by atoms with E-state index in [9.17, 15) is 0 Å². The van der Waals surface area contributed by atoms with E-state index >= 15 is 0 Å². The zero-order chi connectivity index (χ0) is 10.8. The molecule has 16 heavy (non-hydrogen) atoms. The maximum Gasteiger partial charge on any atom is 0.156 e. The fourth-order valence-electron chi connectivity index (χ4n) is 1.99. The van der Waals surface area contributed by atoms with Crippen LogP contribution in [0.25, 0.3) is 5.69 Å². The minimum atomic E-state index is 0.934. The molecule has 1 aromatic carbocycles. The van der Waals surface area contributed by atoms with Crippen LogP contribution in [-0.2, 0) is 6.42 Å². The number of nitrogens with one attached hydrogen (secondary N) is 1. The predicted octanol–water partition coefficient (Wildman–Crippen LogP) is 1.41. The van der Waals surface area contributed by atoms with Crippen LogP contribution in [0.3, 0.4) is 0 Å². The van der Waals surface area contributed by atoms with Gasteiger partial charge in [0.2, 0.25) is 0 Å². The second kappa shape index (κ2) is 3.92. The lowest BCUT2D eigenvalue weighted by Crippen LogP contribution is -2.06. The minimum Gasteiger partial charge on any atom is -0.383 e. The SMILES string of the molecule is c1ccc2c(c1)NCCCCc1nnnn1-2. The van der Waals surface area contributed by atoms with E-state index < -0.39 is 0 Å². The standard InChI is InChI=1S/C11H13N5/c1-2-6-10-9(5-1)12-8-4-3-7-11-13-14-15-16(10)11/h1-2,5-6,12H,3-4,7-8H2. The Kier molecular flexibility index (Phi) is 2.29. The predicted molar refractivity (Wildman–Crippen MR) is 60.6 cm³/mol. The van der Waals surface area contributed by atoms with Crippen LogP contribution >= 0.6 is 0 Å². The highest BCUT2D eigenvalue weighted by Crippen LogP contribution is 2.21. The number of aromatic nitrogens is 4. The number of rotatable bonds is 0. The molecule has 1 aliphatic heterocycles.